The first kappa shape index (κ1) is 24.6. The van der Waals surface area contributed by atoms with Gasteiger partial charge < -0.3 is 19.9 Å². The summed E-state index contributed by atoms with van der Waals surface area (Å²) < 4.78 is 90.4. The van der Waals surface area contributed by atoms with E-state index in [0.29, 0.717) is 23.6 Å². The molecule has 5 nitrogen and oxygen atoms in total. The molecule has 1 unspecified atom stereocenters. The molecule has 3 rings (SSSR count). The van der Waals surface area contributed by atoms with E-state index in [4.69, 9.17) is 9.47 Å². The summed E-state index contributed by atoms with van der Waals surface area (Å²) >= 11 is 0. The third-order valence-corrected chi connectivity index (χ3v) is 4.94. The maximum absolute atomic E-state index is 13.4. The quantitative estimate of drug-likeness (QED) is 0.466. The Morgan fingerprint density at radius 2 is 1.64 bits per heavy atom. The zero-order valence-corrected chi connectivity index (χ0v) is 17.5. The van der Waals surface area contributed by atoms with E-state index in [2.05, 4.69) is 10.3 Å². The number of halogens is 6. The van der Waals surface area contributed by atoms with Gasteiger partial charge in [0.15, 0.2) is 11.5 Å². The van der Waals surface area contributed by atoms with Crippen LogP contribution in [0.25, 0.3) is 10.9 Å². The van der Waals surface area contributed by atoms with Crippen LogP contribution in [0.15, 0.2) is 42.5 Å². The van der Waals surface area contributed by atoms with Gasteiger partial charge in [0.2, 0.25) is 0 Å². The fourth-order valence-corrected chi connectivity index (χ4v) is 3.38. The largest absolute Gasteiger partial charge is 0.493 e. The highest BCUT2D eigenvalue weighted by atomic mass is 19.4. The molecule has 2 N–H and O–H groups in total. The molecular weight excluding hydrogens is 454 g/mol. The van der Waals surface area contributed by atoms with E-state index in [9.17, 15) is 31.4 Å². The van der Waals surface area contributed by atoms with Crippen LogP contribution >= 0.6 is 0 Å². The molecule has 2 aromatic carbocycles. The minimum Gasteiger partial charge on any atom is -0.493 e. The molecule has 0 aliphatic carbocycles. The number of nitrogens with zero attached hydrogens (tertiary/aromatic N) is 1. The fraction of sp³-hybridized carbons (Fsp3) is 0.318. The van der Waals surface area contributed by atoms with Crippen LogP contribution in [0, 0.1) is 0 Å². The lowest BCUT2D eigenvalue weighted by Crippen LogP contribution is -2.22. The van der Waals surface area contributed by atoms with Gasteiger partial charge in [0.25, 0.3) is 0 Å². The number of rotatable bonds is 7. The minimum absolute atomic E-state index is 0.209. The summed E-state index contributed by atoms with van der Waals surface area (Å²) in [5.41, 5.74) is -3.26. The molecule has 0 aliphatic heterocycles. The molecule has 1 aromatic heterocycles. The number of para-hydroxylation sites is 1. The van der Waals surface area contributed by atoms with Gasteiger partial charge in [-0.2, -0.15) is 26.3 Å². The number of nitrogens with one attached hydrogen (secondary N) is 1. The van der Waals surface area contributed by atoms with E-state index in [1.54, 1.807) is 18.2 Å². The number of hydrogen-bond acceptors (Lipinski definition) is 5. The van der Waals surface area contributed by atoms with E-state index >= 15 is 0 Å². The second kappa shape index (κ2) is 9.44. The number of hydrogen-bond donors (Lipinski definition) is 2. The number of ether oxygens (including phenoxy) is 2. The topological polar surface area (TPSA) is 63.6 Å². The van der Waals surface area contributed by atoms with Crippen molar-refractivity contribution in [3.63, 3.8) is 0 Å². The Labute approximate surface area is 185 Å². The van der Waals surface area contributed by atoms with Crippen molar-refractivity contribution in [2.24, 2.45) is 0 Å². The Hall–Kier alpha value is -3.05. The van der Waals surface area contributed by atoms with Gasteiger partial charge in [-0.15, -0.1) is 0 Å². The van der Waals surface area contributed by atoms with E-state index in [-0.39, 0.29) is 24.0 Å². The molecule has 0 fully saturated rings. The lowest BCUT2D eigenvalue weighted by molar-refractivity contribution is -0.142. The molecule has 0 saturated heterocycles. The van der Waals surface area contributed by atoms with Crippen molar-refractivity contribution in [2.45, 2.75) is 25.0 Å². The van der Waals surface area contributed by atoms with Gasteiger partial charge in [-0.05, 0) is 35.4 Å². The van der Waals surface area contributed by atoms with Crippen molar-refractivity contribution >= 4 is 10.9 Å². The lowest BCUT2D eigenvalue weighted by Gasteiger charge is -2.19. The van der Waals surface area contributed by atoms with Gasteiger partial charge in [0.1, 0.15) is 5.69 Å². The lowest BCUT2D eigenvalue weighted by atomic mass is 9.99. The van der Waals surface area contributed by atoms with Gasteiger partial charge in [0.05, 0.1) is 31.4 Å². The van der Waals surface area contributed by atoms with Gasteiger partial charge >= 0.3 is 12.4 Å². The highest BCUT2D eigenvalue weighted by molar-refractivity contribution is 5.86. The van der Waals surface area contributed by atoms with E-state index < -0.39 is 35.2 Å². The van der Waals surface area contributed by atoms with Crippen molar-refractivity contribution in [1.29, 1.82) is 0 Å². The molecule has 0 spiro atoms. The number of methoxy groups -OCH3 is 2. The number of aromatic nitrogens is 1. The highest BCUT2D eigenvalue weighted by Crippen LogP contribution is 2.39. The van der Waals surface area contributed by atoms with Gasteiger partial charge in [-0.25, -0.2) is 4.98 Å². The third kappa shape index (κ3) is 5.48. The van der Waals surface area contributed by atoms with Crippen LogP contribution < -0.4 is 14.8 Å². The maximum Gasteiger partial charge on any atom is 0.433 e. The molecule has 0 aliphatic rings. The smallest absolute Gasteiger partial charge is 0.433 e. The molecule has 0 radical (unpaired) electrons. The first-order valence-electron chi connectivity index (χ1n) is 9.63. The van der Waals surface area contributed by atoms with Crippen LogP contribution in [0.5, 0.6) is 11.5 Å². The van der Waals surface area contributed by atoms with Crippen LogP contribution in [0.2, 0.25) is 0 Å². The van der Waals surface area contributed by atoms with Crippen LogP contribution in [0.3, 0.4) is 0 Å². The number of aliphatic hydroxyl groups is 1. The van der Waals surface area contributed by atoms with Gasteiger partial charge in [0, 0.05) is 18.5 Å². The van der Waals surface area contributed by atoms with Crippen LogP contribution in [-0.4, -0.2) is 30.9 Å². The number of fused-ring (bicyclic) bond motifs is 1. The van der Waals surface area contributed by atoms with E-state index in [1.807, 2.05) is 0 Å². The summed E-state index contributed by atoms with van der Waals surface area (Å²) in [6.45, 7) is -0.0125. The summed E-state index contributed by atoms with van der Waals surface area (Å²) in [6, 6.07) is 8.55. The van der Waals surface area contributed by atoms with E-state index in [1.165, 1.54) is 20.3 Å². The molecule has 1 heterocycles. The minimum atomic E-state index is -4.99. The SMILES string of the molecule is COc1ccc(CNCC(O)c2cc(C(F)(F)F)nc3c(C(F)(F)F)cccc23)cc1OC. The van der Waals surface area contributed by atoms with Crippen molar-refractivity contribution in [3.8, 4) is 11.5 Å². The van der Waals surface area contributed by atoms with Gasteiger partial charge in [-0.3, -0.25) is 0 Å². The molecule has 0 saturated carbocycles. The second-order valence-corrected chi connectivity index (χ2v) is 7.13. The Bertz CT molecular complexity index is 1130. The van der Waals surface area contributed by atoms with E-state index in [0.717, 1.165) is 11.6 Å². The predicted molar refractivity (Wildman–Crippen MR) is 108 cm³/mol. The number of alkyl halides is 6. The normalized spacial score (nSPS) is 13.2. The third-order valence-electron chi connectivity index (χ3n) is 4.94. The molecule has 0 bridgehead atoms. The first-order chi connectivity index (χ1) is 15.5. The Balaban J connectivity index is 1.91. The van der Waals surface area contributed by atoms with Crippen molar-refractivity contribution in [1.82, 2.24) is 10.3 Å². The molecule has 11 heteroatoms. The van der Waals surface area contributed by atoms with Crippen LogP contribution in [-0.2, 0) is 18.9 Å². The average Bonchev–Trinajstić information content (AvgIpc) is 2.76. The monoisotopic (exact) mass is 474 g/mol. The highest BCUT2D eigenvalue weighted by Gasteiger charge is 2.37. The Morgan fingerprint density at radius 1 is 0.939 bits per heavy atom. The average molecular weight is 474 g/mol. The molecule has 178 valence electrons. The molecule has 3 aromatic rings. The maximum atomic E-state index is 13.4. The Morgan fingerprint density at radius 3 is 2.24 bits per heavy atom. The predicted octanol–water partition coefficient (Wildman–Crippen LogP) is 5.11. The number of pyridine rings is 1. The van der Waals surface area contributed by atoms with Crippen molar-refractivity contribution in [2.75, 3.05) is 20.8 Å². The Kier molecular flexibility index (Phi) is 7.03. The standard InChI is InChI=1S/C22H20F6N2O3/c1-32-17-7-6-12(8-18(17)33-2)10-29-11-16(31)14-9-19(22(26,27)28)30-20-13(14)4-3-5-15(20)21(23,24)25/h3-9,16,29,31H,10-11H2,1-2H3. The summed E-state index contributed by atoms with van der Waals surface area (Å²) in [5.74, 6) is 0.969. The van der Waals surface area contributed by atoms with Gasteiger partial charge in [-0.1, -0.05) is 18.2 Å². The van der Waals surface area contributed by atoms with Crippen molar-refractivity contribution in [3.05, 3.63) is 64.8 Å². The summed E-state index contributed by atoms with van der Waals surface area (Å²) in [7, 11) is 2.94. The molecule has 33 heavy (non-hydrogen) atoms. The first-order valence-corrected chi connectivity index (χ1v) is 9.63. The van der Waals surface area contributed by atoms with Crippen LogP contribution in [0.4, 0.5) is 26.3 Å². The zero-order valence-electron chi connectivity index (χ0n) is 17.5. The molecule has 0 amide bonds. The summed E-state index contributed by atoms with van der Waals surface area (Å²) in [4.78, 5) is 3.22. The number of aliphatic hydroxyl groups excluding tert-OH is 1. The van der Waals surface area contributed by atoms with Crippen LogP contribution in [0.1, 0.15) is 28.5 Å². The van der Waals surface area contributed by atoms with Crippen molar-refractivity contribution < 1.29 is 40.9 Å². The molecule has 1 atom stereocenters. The summed E-state index contributed by atoms with van der Waals surface area (Å²) in [6.07, 6.45) is -11.4. The zero-order chi connectivity index (χ0) is 24.4. The number of benzene rings is 2. The summed E-state index contributed by atoms with van der Waals surface area (Å²) in [5, 5.41) is 13.3. The second-order valence-electron chi connectivity index (χ2n) is 7.13. The molecular formula is C22H20F6N2O3. The fourth-order valence-electron chi connectivity index (χ4n) is 3.38.